The number of likely N-dealkylation sites (tertiary alicyclic amines) is 1. The molecule has 2 rings (SSSR count). The lowest BCUT2D eigenvalue weighted by molar-refractivity contribution is -0.155. The summed E-state index contributed by atoms with van der Waals surface area (Å²) in [6, 6.07) is 7.62. The highest BCUT2D eigenvalue weighted by molar-refractivity contribution is 5.72. The Morgan fingerprint density at radius 1 is 1.29 bits per heavy atom. The fourth-order valence-electron chi connectivity index (χ4n) is 2.91. The second-order valence-electron chi connectivity index (χ2n) is 6.02. The average molecular weight is 292 g/mol. The number of nitrogens with two attached hydrogens (primary N) is 1. The molecule has 1 aromatic carbocycles. The molecule has 1 fully saturated rings. The first-order chi connectivity index (χ1) is 9.94. The second-order valence-corrected chi connectivity index (χ2v) is 6.02. The van der Waals surface area contributed by atoms with Gasteiger partial charge in [-0.1, -0.05) is 24.3 Å². The van der Waals surface area contributed by atoms with Gasteiger partial charge in [0, 0.05) is 19.6 Å². The van der Waals surface area contributed by atoms with Crippen molar-refractivity contribution in [1.82, 2.24) is 4.90 Å². The Kier molecular flexibility index (Phi) is 4.98. The molecule has 0 radical (unpaired) electrons. The molecule has 0 saturated carbocycles. The number of carboxylic acids is 1. The normalized spacial score (nSPS) is 20.1. The minimum absolute atomic E-state index is 0.348. The summed E-state index contributed by atoms with van der Waals surface area (Å²) < 4.78 is 0. The van der Waals surface area contributed by atoms with Crippen LogP contribution in [0.15, 0.2) is 24.3 Å². The van der Waals surface area contributed by atoms with E-state index in [-0.39, 0.29) is 0 Å². The van der Waals surface area contributed by atoms with Crippen LogP contribution in [-0.4, -0.2) is 46.8 Å². The summed E-state index contributed by atoms with van der Waals surface area (Å²) in [6.45, 7) is 1.93. The smallest absolute Gasteiger partial charge is 0.309 e. The van der Waals surface area contributed by atoms with Gasteiger partial charge >= 0.3 is 5.97 Å². The van der Waals surface area contributed by atoms with Gasteiger partial charge in [0.05, 0.1) is 11.5 Å². The zero-order valence-electron chi connectivity index (χ0n) is 12.5. The van der Waals surface area contributed by atoms with Crippen molar-refractivity contribution in [2.75, 3.05) is 20.1 Å². The number of benzene rings is 1. The number of hydrogen-bond acceptors (Lipinski definition) is 4. The van der Waals surface area contributed by atoms with E-state index in [2.05, 4.69) is 4.90 Å². The van der Waals surface area contributed by atoms with Crippen LogP contribution in [0.25, 0.3) is 0 Å². The number of carbonyl (C=O) groups is 1. The van der Waals surface area contributed by atoms with Gasteiger partial charge in [-0.15, -0.1) is 0 Å². The summed E-state index contributed by atoms with van der Waals surface area (Å²) in [5, 5.41) is 20.3. The van der Waals surface area contributed by atoms with Crippen LogP contribution in [0.1, 0.15) is 24.0 Å². The zero-order chi connectivity index (χ0) is 15.5. The van der Waals surface area contributed by atoms with E-state index in [1.165, 1.54) is 0 Å². The maximum absolute atomic E-state index is 11.6. The first-order valence-electron chi connectivity index (χ1n) is 7.36. The summed E-state index contributed by atoms with van der Waals surface area (Å²) in [5.74, 6) is -1.69. The molecule has 1 aromatic rings. The number of piperidine rings is 1. The third-order valence-electron chi connectivity index (χ3n) is 4.50. The predicted octanol–water partition coefficient (Wildman–Crippen LogP) is 0.845. The fourth-order valence-corrected chi connectivity index (χ4v) is 2.91. The first-order valence-corrected chi connectivity index (χ1v) is 7.36. The second kappa shape index (κ2) is 6.56. The van der Waals surface area contributed by atoms with E-state index in [0.29, 0.717) is 25.8 Å². The number of carboxylic acid groups (broad SMARTS) is 1. The Morgan fingerprint density at radius 2 is 1.81 bits per heavy atom. The van der Waals surface area contributed by atoms with Gasteiger partial charge in [0.15, 0.2) is 0 Å². The summed E-state index contributed by atoms with van der Waals surface area (Å²) >= 11 is 0. The highest BCUT2D eigenvalue weighted by atomic mass is 16.4. The van der Waals surface area contributed by atoms with Crippen LogP contribution in [-0.2, 0) is 17.8 Å². The molecule has 1 atom stereocenters. The summed E-state index contributed by atoms with van der Waals surface area (Å²) in [5.41, 5.74) is 6.38. The van der Waals surface area contributed by atoms with E-state index in [9.17, 15) is 15.0 Å². The van der Waals surface area contributed by atoms with E-state index >= 15 is 0 Å². The maximum Gasteiger partial charge on any atom is 0.309 e. The molecule has 116 valence electrons. The van der Waals surface area contributed by atoms with Crippen molar-refractivity contribution in [1.29, 1.82) is 0 Å². The van der Waals surface area contributed by atoms with E-state index in [1.54, 1.807) is 0 Å². The first kappa shape index (κ1) is 15.9. The minimum atomic E-state index is -1.12. The van der Waals surface area contributed by atoms with Gasteiger partial charge in [0.1, 0.15) is 0 Å². The molecule has 0 amide bonds. The molecule has 1 aliphatic rings. The van der Waals surface area contributed by atoms with Crippen LogP contribution >= 0.6 is 0 Å². The molecular formula is C16H24N2O3. The maximum atomic E-state index is 11.6. The minimum Gasteiger partial charge on any atom is -0.481 e. The van der Waals surface area contributed by atoms with E-state index in [4.69, 9.17) is 5.73 Å². The standard InChI is InChI=1S/C16H24N2O3/c1-18-8-6-16(21,7-9-18)14(15(19)20)10-12-2-4-13(11-17)5-3-12/h2-5,14,21H,6-11,17H2,1H3,(H,19,20). The van der Waals surface area contributed by atoms with Crippen molar-refractivity contribution in [3.63, 3.8) is 0 Å². The van der Waals surface area contributed by atoms with Crippen molar-refractivity contribution in [2.24, 2.45) is 11.7 Å². The Labute approximate surface area is 125 Å². The Bertz CT molecular complexity index is 479. The lowest BCUT2D eigenvalue weighted by atomic mass is 9.76. The molecule has 0 spiro atoms. The molecule has 0 bridgehead atoms. The van der Waals surface area contributed by atoms with E-state index in [0.717, 1.165) is 24.2 Å². The van der Waals surface area contributed by atoms with Crippen molar-refractivity contribution in [3.05, 3.63) is 35.4 Å². The Hall–Kier alpha value is -1.43. The van der Waals surface area contributed by atoms with Crippen LogP contribution in [0.2, 0.25) is 0 Å². The number of rotatable bonds is 5. The molecule has 1 aliphatic heterocycles. The van der Waals surface area contributed by atoms with Gasteiger partial charge in [-0.25, -0.2) is 0 Å². The summed E-state index contributed by atoms with van der Waals surface area (Å²) in [6.07, 6.45) is 1.35. The lowest BCUT2D eigenvalue weighted by Gasteiger charge is -2.40. The number of aliphatic hydroxyl groups is 1. The molecular weight excluding hydrogens is 268 g/mol. The van der Waals surface area contributed by atoms with E-state index in [1.807, 2.05) is 31.3 Å². The largest absolute Gasteiger partial charge is 0.481 e. The van der Waals surface area contributed by atoms with Crippen LogP contribution in [0, 0.1) is 5.92 Å². The molecule has 4 N–H and O–H groups in total. The monoisotopic (exact) mass is 292 g/mol. The van der Waals surface area contributed by atoms with Gasteiger partial charge < -0.3 is 20.8 Å². The number of nitrogens with zero attached hydrogens (tertiary/aromatic N) is 1. The zero-order valence-corrected chi connectivity index (χ0v) is 12.5. The molecule has 0 aromatic heterocycles. The van der Waals surface area contributed by atoms with Crippen LogP contribution in [0.5, 0.6) is 0 Å². The number of hydrogen-bond donors (Lipinski definition) is 3. The quantitative estimate of drug-likeness (QED) is 0.749. The van der Waals surface area contributed by atoms with Crippen molar-refractivity contribution >= 4 is 5.97 Å². The molecule has 5 heteroatoms. The Balaban J connectivity index is 2.13. The highest BCUT2D eigenvalue weighted by Crippen LogP contribution is 2.32. The molecule has 0 aliphatic carbocycles. The van der Waals surface area contributed by atoms with Gasteiger partial charge in [-0.2, -0.15) is 0 Å². The Morgan fingerprint density at radius 3 is 2.29 bits per heavy atom. The molecule has 21 heavy (non-hydrogen) atoms. The van der Waals surface area contributed by atoms with Gasteiger partial charge in [-0.3, -0.25) is 4.79 Å². The van der Waals surface area contributed by atoms with Crippen LogP contribution < -0.4 is 5.73 Å². The molecule has 1 heterocycles. The average Bonchev–Trinajstić information content (AvgIpc) is 2.48. The van der Waals surface area contributed by atoms with Crippen LogP contribution in [0.3, 0.4) is 0 Å². The summed E-state index contributed by atoms with van der Waals surface area (Å²) in [7, 11) is 1.99. The van der Waals surface area contributed by atoms with Gasteiger partial charge in [0.25, 0.3) is 0 Å². The van der Waals surface area contributed by atoms with Crippen molar-refractivity contribution < 1.29 is 15.0 Å². The SMILES string of the molecule is CN1CCC(O)(C(Cc2ccc(CN)cc2)C(=O)O)CC1. The summed E-state index contributed by atoms with van der Waals surface area (Å²) in [4.78, 5) is 13.7. The number of aliphatic carboxylic acids is 1. The molecule has 1 saturated heterocycles. The van der Waals surface area contributed by atoms with Crippen LogP contribution in [0.4, 0.5) is 0 Å². The van der Waals surface area contributed by atoms with Gasteiger partial charge in [0.2, 0.25) is 0 Å². The third kappa shape index (κ3) is 3.81. The van der Waals surface area contributed by atoms with Crippen molar-refractivity contribution in [2.45, 2.75) is 31.4 Å². The topological polar surface area (TPSA) is 86.8 Å². The highest BCUT2D eigenvalue weighted by Gasteiger charge is 2.43. The lowest BCUT2D eigenvalue weighted by Crippen LogP contribution is -2.51. The molecule has 5 nitrogen and oxygen atoms in total. The molecule has 1 unspecified atom stereocenters. The van der Waals surface area contributed by atoms with Crippen molar-refractivity contribution in [3.8, 4) is 0 Å². The van der Waals surface area contributed by atoms with Gasteiger partial charge in [-0.05, 0) is 37.4 Å². The third-order valence-corrected chi connectivity index (χ3v) is 4.50. The van der Waals surface area contributed by atoms with E-state index < -0.39 is 17.5 Å². The predicted molar refractivity (Wildman–Crippen MR) is 80.8 cm³/mol. The fraction of sp³-hybridized carbons (Fsp3) is 0.562.